The Kier molecular flexibility index (Phi) is 2.70. The van der Waals surface area contributed by atoms with Crippen molar-refractivity contribution in [3.63, 3.8) is 0 Å². The number of fused-ring (bicyclic) bond motifs is 1. The third kappa shape index (κ3) is 2.29. The van der Waals surface area contributed by atoms with Crippen molar-refractivity contribution in [1.29, 1.82) is 0 Å². The number of nitrogens with one attached hydrogen (secondary N) is 1. The first-order chi connectivity index (χ1) is 9.11. The van der Waals surface area contributed by atoms with Crippen molar-refractivity contribution in [1.82, 2.24) is 19.6 Å². The van der Waals surface area contributed by atoms with Crippen LogP contribution in [0.1, 0.15) is 30.2 Å². The highest BCUT2D eigenvalue weighted by Gasteiger charge is 2.13. The zero-order chi connectivity index (χ0) is 13.4. The standard InChI is InChI=1S/C13H15N5O/c1-8-4-5-18-11(6-8)16-13(17-18)15-10(3)12-14-7-9(2)19-12/h4-7,10H,1-3H3,(H,15,17). The molecule has 98 valence electrons. The van der Waals surface area contributed by atoms with Gasteiger partial charge in [0, 0.05) is 6.20 Å². The van der Waals surface area contributed by atoms with E-state index in [1.165, 1.54) is 0 Å². The first-order valence-electron chi connectivity index (χ1n) is 6.14. The summed E-state index contributed by atoms with van der Waals surface area (Å²) in [6.45, 7) is 5.86. The number of anilines is 1. The molecule has 3 rings (SSSR count). The van der Waals surface area contributed by atoms with Crippen LogP contribution in [0.5, 0.6) is 0 Å². The topological polar surface area (TPSA) is 68.2 Å². The van der Waals surface area contributed by atoms with Crippen LogP contribution in [-0.4, -0.2) is 19.6 Å². The minimum atomic E-state index is -0.0767. The van der Waals surface area contributed by atoms with Crippen molar-refractivity contribution in [2.24, 2.45) is 0 Å². The molecule has 3 heterocycles. The molecule has 6 nitrogen and oxygen atoms in total. The van der Waals surface area contributed by atoms with Gasteiger partial charge in [-0.1, -0.05) is 0 Å². The molecule has 0 spiro atoms. The fourth-order valence-electron chi connectivity index (χ4n) is 1.87. The lowest BCUT2D eigenvalue weighted by atomic mass is 10.3. The summed E-state index contributed by atoms with van der Waals surface area (Å²) in [5, 5.41) is 7.53. The fourth-order valence-corrected chi connectivity index (χ4v) is 1.87. The second-order valence-electron chi connectivity index (χ2n) is 4.62. The summed E-state index contributed by atoms with van der Waals surface area (Å²) in [6.07, 6.45) is 3.59. The molecule has 0 aliphatic heterocycles. The Hall–Kier alpha value is -2.37. The summed E-state index contributed by atoms with van der Waals surface area (Å²) < 4.78 is 7.21. The average Bonchev–Trinajstić information content (AvgIpc) is 2.94. The first kappa shape index (κ1) is 11.7. The van der Waals surface area contributed by atoms with Crippen molar-refractivity contribution in [2.45, 2.75) is 26.8 Å². The van der Waals surface area contributed by atoms with E-state index in [1.807, 2.05) is 39.1 Å². The van der Waals surface area contributed by atoms with Crippen LogP contribution in [0.25, 0.3) is 5.65 Å². The summed E-state index contributed by atoms with van der Waals surface area (Å²) in [5.41, 5.74) is 1.97. The molecule has 0 amide bonds. The van der Waals surface area contributed by atoms with Crippen LogP contribution in [0.2, 0.25) is 0 Å². The van der Waals surface area contributed by atoms with Gasteiger partial charge in [-0.15, -0.1) is 5.10 Å². The fraction of sp³-hybridized carbons (Fsp3) is 0.308. The molecule has 0 fully saturated rings. The Labute approximate surface area is 110 Å². The molecule has 0 saturated carbocycles. The van der Waals surface area contributed by atoms with E-state index < -0.39 is 0 Å². The summed E-state index contributed by atoms with van der Waals surface area (Å²) in [5.74, 6) is 1.99. The molecule has 19 heavy (non-hydrogen) atoms. The van der Waals surface area contributed by atoms with Gasteiger partial charge in [0.2, 0.25) is 11.8 Å². The average molecular weight is 257 g/mol. The number of nitrogens with zero attached hydrogens (tertiary/aromatic N) is 4. The summed E-state index contributed by atoms with van der Waals surface area (Å²) >= 11 is 0. The van der Waals surface area contributed by atoms with Crippen LogP contribution in [0, 0.1) is 13.8 Å². The second-order valence-corrected chi connectivity index (χ2v) is 4.62. The van der Waals surface area contributed by atoms with Crippen molar-refractivity contribution in [3.05, 3.63) is 41.7 Å². The Morgan fingerprint density at radius 1 is 1.37 bits per heavy atom. The predicted octanol–water partition coefficient (Wildman–Crippen LogP) is 2.51. The number of hydrogen-bond acceptors (Lipinski definition) is 5. The lowest BCUT2D eigenvalue weighted by molar-refractivity contribution is 0.453. The molecular formula is C13H15N5O. The minimum Gasteiger partial charge on any atom is -0.444 e. The van der Waals surface area contributed by atoms with Gasteiger partial charge < -0.3 is 9.73 Å². The molecular weight excluding hydrogens is 242 g/mol. The van der Waals surface area contributed by atoms with E-state index in [-0.39, 0.29) is 6.04 Å². The number of aromatic nitrogens is 4. The van der Waals surface area contributed by atoms with Gasteiger partial charge in [-0.05, 0) is 38.5 Å². The highest BCUT2D eigenvalue weighted by molar-refractivity contribution is 5.45. The summed E-state index contributed by atoms with van der Waals surface area (Å²) in [7, 11) is 0. The van der Waals surface area contributed by atoms with Gasteiger partial charge in [0.05, 0.1) is 6.20 Å². The van der Waals surface area contributed by atoms with Crippen molar-refractivity contribution in [3.8, 4) is 0 Å². The van der Waals surface area contributed by atoms with Gasteiger partial charge in [0.15, 0.2) is 5.65 Å². The Bertz CT molecular complexity index is 715. The molecule has 3 aromatic rings. The smallest absolute Gasteiger partial charge is 0.243 e. The van der Waals surface area contributed by atoms with E-state index >= 15 is 0 Å². The zero-order valence-corrected chi connectivity index (χ0v) is 11.1. The highest BCUT2D eigenvalue weighted by atomic mass is 16.4. The van der Waals surface area contributed by atoms with Gasteiger partial charge >= 0.3 is 0 Å². The zero-order valence-electron chi connectivity index (χ0n) is 11.1. The van der Waals surface area contributed by atoms with Crippen molar-refractivity contribution in [2.75, 3.05) is 5.32 Å². The molecule has 0 aliphatic carbocycles. The molecule has 0 saturated heterocycles. The molecule has 0 aromatic carbocycles. The minimum absolute atomic E-state index is 0.0767. The molecule has 0 bridgehead atoms. The Balaban J connectivity index is 1.85. The van der Waals surface area contributed by atoms with Gasteiger partial charge in [-0.25, -0.2) is 9.50 Å². The van der Waals surface area contributed by atoms with Crippen LogP contribution >= 0.6 is 0 Å². The van der Waals surface area contributed by atoms with Gasteiger partial charge in [0.25, 0.3) is 0 Å². The van der Waals surface area contributed by atoms with Crippen molar-refractivity contribution < 1.29 is 4.42 Å². The quantitative estimate of drug-likeness (QED) is 0.780. The van der Waals surface area contributed by atoms with Gasteiger partial charge in [-0.2, -0.15) is 4.98 Å². The molecule has 0 aliphatic rings. The molecule has 3 aromatic heterocycles. The van der Waals surface area contributed by atoms with Gasteiger partial charge in [-0.3, -0.25) is 0 Å². The van der Waals surface area contributed by atoms with Crippen LogP contribution in [0.15, 0.2) is 28.9 Å². The maximum atomic E-state index is 5.47. The second kappa shape index (κ2) is 4.38. The molecule has 0 radical (unpaired) electrons. The number of aryl methyl sites for hydroxylation is 2. The lowest BCUT2D eigenvalue weighted by Crippen LogP contribution is -2.08. The van der Waals surface area contributed by atoms with E-state index in [1.54, 1.807) is 10.7 Å². The molecule has 6 heteroatoms. The van der Waals surface area contributed by atoms with E-state index in [2.05, 4.69) is 20.4 Å². The molecule has 1 atom stereocenters. The largest absolute Gasteiger partial charge is 0.444 e. The number of rotatable bonds is 3. The Morgan fingerprint density at radius 3 is 2.95 bits per heavy atom. The number of hydrogen-bond donors (Lipinski definition) is 1. The first-order valence-corrected chi connectivity index (χ1v) is 6.14. The van der Waals surface area contributed by atoms with E-state index in [0.717, 1.165) is 17.0 Å². The van der Waals surface area contributed by atoms with E-state index in [9.17, 15) is 0 Å². The molecule has 1 N–H and O–H groups in total. The number of pyridine rings is 1. The lowest BCUT2D eigenvalue weighted by Gasteiger charge is -2.07. The van der Waals surface area contributed by atoms with Crippen molar-refractivity contribution >= 4 is 11.6 Å². The SMILES string of the molecule is Cc1ccn2nc(NC(C)c3ncc(C)o3)nc2c1. The maximum absolute atomic E-state index is 5.47. The van der Waals surface area contributed by atoms with E-state index in [4.69, 9.17) is 4.42 Å². The summed E-state index contributed by atoms with van der Waals surface area (Å²) in [6, 6.07) is 3.90. The van der Waals surface area contributed by atoms with Crippen LogP contribution in [0.4, 0.5) is 5.95 Å². The maximum Gasteiger partial charge on any atom is 0.243 e. The normalized spacial score (nSPS) is 12.8. The Morgan fingerprint density at radius 2 is 2.21 bits per heavy atom. The van der Waals surface area contributed by atoms with Gasteiger partial charge in [0.1, 0.15) is 11.8 Å². The third-order valence-electron chi connectivity index (χ3n) is 2.85. The van der Waals surface area contributed by atoms with E-state index in [0.29, 0.717) is 11.8 Å². The predicted molar refractivity (Wildman–Crippen MR) is 71.0 cm³/mol. The van der Waals surface area contributed by atoms with Crippen LogP contribution in [-0.2, 0) is 0 Å². The number of oxazole rings is 1. The summed E-state index contributed by atoms with van der Waals surface area (Å²) in [4.78, 5) is 8.61. The highest BCUT2D eigenvalue weighted by Crippen LogP contribution is 2.17. The van der Waals surface area contributed by atoms with Crippen LogP contribution < -0.4 is 5.32 Å². The van der Waals surface area contributed by atoms with Crippen LogP contribution in [0.3, 0.4) is 0 Å². The monoisotopic (exact) mass is 257 g/mol. The molecule has 1 unspecified atom stereocenters. The third-order valence-corrected chi connectivity index (χ3v) is 2.85.